The van der Waals surface area contributed by atoms with Crippen LogP contribution >= 0.6 is 0 Å². The monoisotopic (exact) mass is 227 g/mol. The Morgan fingerprint density at radius 1 is 1.18 bits per heavy atom. The summed E-state index contributed by atoms with van der Waals surface area (Å²) in [7, 11) is 0. The summed E-state index contributed by atoms with van der Waals surface area (Å²) in [6.45, 7) is 1.54. The maximum atomic E-state index is 12.9. The fraction of sp³-hybridized carbons (Fsp3) is 0.133. The number of carbonyl (C=O) groups excluding carboxylic acids is 1. The van der Waals surface area contributed by atoms with Crippen molar-refractivity contribution in [2.24, 2.45) is 0 Å². The molecule has 17 heavy (non-hydrogen) atoms. The number of benzene rings is 2. The summed E-state index contributed by atoms with van der Waals surface area (Å²) in [4.78, 5) is 11.7. The molecule has 0 aliphatic carbocycles. The van der Waals surface area contributed by atoms with Crippen LogP contribution in [0.1, 0.15) is 24.0 Å². The van der Waals surface area contributed by atoms with E-state index in [1.54, 1.807) is 31.2 Å². The standard InChI is InChI=1S/C15H12FO/c1-11(17)15(12-5-3-2-4-6-12)13-7-9-14(16)10-8-13/h2-3,5-10,15H,1H3. The average molecular weight is 227 g/mol. The van der Waals surface area contributed by atoms with Gasteiger partial charge in [-0.2, -0.15) is 0 Å². The van der Waals surface area contributed by atoms with E-state index >= 15 is 0 Å². The van der Waals surface area contributed by atoms with Gasteiger partial charge in [-0.1, -0.05) is 36.4 Å². The fourth-order valence-electron chi connectivity index (χ4n) is 1.90. The highest BCUT2D eigenvalue weighted by Gasteiger charge is 2.18. The Hall–Kier alpha value is -1.96. The molecular formula is C15H12FO. The number of hydrogen-bond donors (Lipinski definition) is 0. The van der Waals surface area contributed by atoms with Crippen LogP contribution in [-0.2, 0) is 4.79 Å². The summed E-state index contributed by atoms with van der Waals surface area (Å²) in [6.07, 6.45) is 0. The third kappa shape index (κ3) is 2.59. The SMILES string of the molecule is CC(=O)C(c1c[c]ccc1)c1ccc(F)cc1. The van der Waals surface area contributed by atoms with E-state index in [0.29, 0.717) is 0 Å². The van der Waals surface area contributed by atoms with Crippen molar-refractivity contribution in [2.45, 2.75) is 12.8 Å². The molecule has 0 bridgehead atoms. The Bertz CT molecular complexity index is 502. The predicted molar refractivity (Wildman–Crippen MR) is 64.2 cm³/mol. The lowest BCUT2D eigenvalue weighted by Crippen LogP contribution is -2.10. The Balaban J connectivity index is 2.43. The Kier molecular flexibility index (Phi) is 3.33. The second kappa shape index (κ2) is 4.91. The second-order valence-corrected chi connectivity index (χ2v) is 3.93. The van der Waals surface area contributed by atoms with Gasteiger partial charge in [-0.25, -0.2) is 4.39 Å². The number of carbonyl (C=O) groups is 1. The zero-order valence-corrected chi connectivity index (χ0v) is 9.48. The zero-order chi connectivity index (χ0) is 12.3. The van der Waals surface area contributed by atoms with E-state index in [9.17, 15) is 9.18 Å². The van der Waals surface area contributed by atoms with Crippen molar-refractivity contribution in [3.05, 3.63) is 71.5 Å². The lowest BCUT2D eigenvalue weighted by molar-refractivity contribution is -0.117. The van der Waals surface area contributed by atoms with Gasteiger partial charge in [0.1, 0.15) is 11.6 Å². The minimum atomic E-state index is -0.340. The van der Waals surface area contributed by atoms with Gasteiger partial charge >= 0.3 is 0 Å². The van der Waals surface area contributed by atoms with Crippen LogP contribution < -0.4 is 0 Å². The first-order valence-electron chi connectivity index (χ1n) is 5.40. The Morgan fingerprint density at radius 2 is 1.88 bits per heavy atom. The molecule has 85 valence electrons. The maximum absolute atomic E-state index is 12.9. The van der Waals surface area contributed by atoms with Crippen LogP contribution in [0.25, 0.3) is 0 Å². The van der Waals surface area contributed by atoms with E-state index in [4.69, 9.17) is 0 Å². The quantitative estimate of drug-likeness (QED) is 0.785. The minimum Gasteiger partial charge on any atom is -0.299 e. The van der Waals surface area contributed by atoms with Crippen LogP contribution in [0.15, 0.2) is 48.5 Å². The van der Waals surface area contributed by atoms with Crippen molar-refractivity contribution in [3.8, 4) is 0 Å². The highest BCUT2D eigenvalue weighted by Crippen LogP contribution is 2.25. The lowest BCUT2D eigenvalue weighted by Gasteiger charge is -2.14. The number of rotatable bonds is 3. The van der Waals surface area contributed by atoms with Gasteiger partial charge in [0.15, 0.2) is 0 Å². The zero-order valence-electron chi connectivity index (χ0n) is 9.48. The van der Waals surface area contributed by atoms with E-state index in [1.165, 1.54) is 12.1 Å². The number of Topliss-reactive ketones (excluding diaryl/α,β-unsaturated/α-hetero) is 1. The van der Waals surface area contributed by atoms with Gasteiger partial charge in [0.2, 0.25) is 0 Å². The van der Waals surface area contributed by atoms with Gasteiger partial charge in [-0.15, -0.1) is 0 Å². The number of hydrogen-bond acceptors (Lipinski definition) is 1. The molecule has 0 fully saturated rings. The van der Waals surface area contributed by atoms with E-state index in [-0.39, 0.29) is 17.5 Å². The van der Waals surface area contributed by atoms with Crippen molar-refractivity contribution in [1.29, 1.82) is 0 Å². The molecule has 2 heteroatoms. The van der Waals surface area contributed by atoms with Gasteiger partial charge in [0.25, 0.3) is 0 Å². The molecule has 0 heterocycles. The molecule has 0 amide bonds. The summed E-state index contributed by atoms with van der Waals surface area (Å²) in [6, 6.07) is 16.3. The molecule has 0 saturated carbocycles. The summed E-state index contributed by atoms with van der Waals surface area (Å²) < 4.78 is 12.9. The first-order valence-corrected chi connectivity index (χ1v) is 5.40. The molecular weight excluding hydrogens is 215 g/mol. The van der Waals surface area contributed by atoms with Crippen molar-refractivity contribution in [2.75, 3.05) is 0 Å². The summed E-state index contributed by atoms with van der Waals surface area (Å²) in [5, 5.41) is 0. The Labute approximate surface area is 99.9 Å². The van der Waals surface area contributed by atoms with E-state index < -0.39 is 0 Å². The number of ketones is 1. The van der Waals surface area contributed by atoms with E-state index in [1.807, 2.05) is 12.1 Å². The smallest absolute Gasteiger partial charge is 0.141 e. The average Bonchev–Trinajstić information content (AvgIpc) is 2.33. The van der Waals surface area contributed by atoms with Gasteiger partial charge in [-0.3, -0.25) is 4.79 Å². The first-order chi connectivity index (χ1) is 8.18. The summed E-state index contributed by atoms with van der Waals surface area (Å²) >= 11 is 0. The molecule has 2 aromatic carbocycles. The fourth-order valence-corrected chi connectivity index (χ4v) is 1.90. The normalized spacial score (nSPS) is 12.1. The van der Waals surface area contributed by atoms with Crippen molar-refractivity contribution in [1.82, 2.24) is 0 Å². The van der Waals surface area contributed by atoms with Crippen LogP contribution in [0.3, 0.4) is 0 Å². The molecule has 2 rings (SSSR count). The van der Waals surface area contributed by atoms with E-state index in [2.05, 4.69) is 6.07 Å². The molecule has 1 atom stereocenters. The van der Waals surface area contributed by atoms with Gasteiger partial charge in [0.05, 0.1) is 5.92 Å². The summed E-state index contributed by atoms with van der Waals surface area (Å²) in [5.74, 6) is -0.597. The molecule has 0 aliphatic heterocycles. The van der Waals surface area contributed by atoms with Crippen LogP contribution in [0.2, 0.25) is 0 Å². The third-order valence-electron chi connectivity index (χ3n) is 2.67. The topological polar surface area (TPSA) is 17.1 Å². The van der Waals surface area contributed by atoms with Crippen molar-refractivity contribution >= 4 is 5.78 Å². The first kappa shape index (κ1) is 11.5. The van der Waals surface area contributed by atoms with Crippen LogP contribution in [-0.4, -0.2) is 5.78 Å². The van der Waals surface area contributed by atoms with Crippen molar-refractivity contribution in [3.63, 3.8) is 0 Å². The van der Waals surface area contributed by atoms with E-state index in [0.717, 1.165) is 11.1 Å². The largest absolute Gasteiger partial charge is 0.299 e. The molecule has 1 unspecified atom stereocenters. The maximum Gasteiger partial charge on any atom is 0.141 e. The van der Waals surface area contributed by atoms with Gasteiger partial charge in [0, 0.05) is 0 Å². The molecule has 1 nitrogen and oxygen atoms in total. The molecule has 0 spiro atoms. The van der Waals surface area contributed by atoms with Crippen LogP contribution in [0.4, 0.5) is 4.39 Å². The molecule has 0 saturated heterocycles. The second-order valence-electron chi connectivity index (χ2n) is 3.93. The van der Waals surface area contributed by atoms with Gasteiger partial charge in [-0.05, 0) is 36.2 Å². The molecule has 0 N–H and O–H groups in total. The highest BCUT2D eigenvalue weighted by molar-refractivity contribution is 5.86. The molecule has 2 aromatic rings. The molecule has 1 radical (unpaired) electrons. The van der Waals surface area contributed by atoms with Crippen molar-refractivity contribution < 1.29 is 9.18 Å². The minimum absolute atomic E-state index is 0.0382. The van der Waals surface area contributed by atoms with Crippen LogP contribution in [0, 0.1) is 11.9 Å². The molecule has 0 aromatic heterocycles. The molecule has 0 aliphatic rings. The third-order valence-corrected chi connectivity index (χ3v) is 2.67. The predicted octanol–water partition coefficient (Wildman–Crippen LogP) is 3.35. The number of halogens is 1. The van der Waals surface area contributed by atoms with Gasteiger partial charge < -0.3 is 0 Å². The highest BCUT2D eigenvalue weighted by atomic mass is 19.1. The Morgan fingerprint density at radius 3 is 2.41 bits per heavy atom. The van der Waals surface area contributed by atoms with Crippen LogP contribution in [0.5, 0.6) is 0 Å². The lowest BCUT2D eigenvalue weighted by atomic mass is 9.88. The summed E-state index contributed by atoms with van der Waals surface area (Å²) in [5.41, 5.74) is 1.69.